The van der Waals surface area contributed by atoms with Crippen LogP contribution in [0.5, 0.6) is 0 Å². The maximum atomic E-state index is 11.9. The predicted molar refractivity (Wildman–Crippen MR) is 76.2 cm³/mol. The number of esters is 2. The van der Waals surface area contributed by atoms with Crippen LogP contribution in [-0.2, 0) is 19.1 Å². The zero-order chi connectivity index (χ0) is 14.8. The minimum absolute atomic E-state index is 0.0755. The van der Waals surface area contributed by atoms with Gasteiger partial charge in [0, 0.05) is 0 Å². The molecule has 0 radical (unpaired) electrons. The average Bonchev–Trinajstić information content (AvgIpc) is 2.63. The first-order valence-corrected chi connectivity index (χ1v) is 10.4. The van der Waals surface area contributed by atoms with Crippen molar-refractivity contribution in [2.75, 3.05) is 14.2 Å². The van der Waals surface area contributed by atoms with Gasteiger partial charge in [0.25, 0.3) is 0 Å². The van der Waals surface area contributed by atoms with Gasteiger partial charge in [-0.25, -0.2) is 0 Å². The fraction of sp³-hybridized carbons (Fsp3) is 0.455. The van der Waals surface area contributed by atoms with E-state index in [0.29, 0.717) is 11.1 Å². The van der Waals surface area contributed by atoms with Gasteiger partial charge in [-0.15, -0.1) is 33.2 Å². The van der Waals surface area contributed by atoms with Gasteiger partial charge < -0.3 is 9.47 Å². The van der Waals surface area contributed by atoms with Gasteiger partial charge in [0.05, 0.1) is 14.2 Å². The van der Waals surface area contributed by atoms with E-state index in [0.717, 1.165) is 0 Å². The quantitative estimate of drug-likeness (QED) is 0.342. The van der Waals surface area contributed by atoms with Gasteiger partial charge in [0.2, 0.25) is 0 Å². The lowest BCUT2D eigenvalue weighted by Gasteiger charge is -2.21. The van der Waals surface area contributed by atoms with Crippen molar-refractivity contribution in [1.29, 1.82) is 0 Å². The summed E-state index contributed by atoms with van der Waals surface area (Å²) in [6, 6.07) is -3.03. The fourth-order valence-corrected chi connectivity index (χ4v) is 3.99. The Hall–Kier alpha value is -0.493. The lowest BCUT2D eigenvalue weighted by Crippen LogP contribution is -2.38. The van der Waals surface area contributed by atoms with E-state index in [2.05, 4.69) is 6.58 Å². The van der Waals surface area contributed by atoms with Gasteiger partial charge in [0.1, 0.15) is 0 Å². The number of halogens is 3. The molecule has 0 saturated heterocycles. The highest BCUT2D eigenvalue weighted by Crippen LogP contribution is 2.47. The summed E-state index contributed by atoms with van der Waals surface area (Å²) in [5, 5.41) is 0. The Bertz CT molecular complexity index is 437. The van der Waals surface area contributed by atoms with E-state index >= 15 is 0 Å². The molecule has 0 aromatic rings. The smallest absolute Gasteiger partial charge is 0.366 e. The summed E-state index contributed by atoms with van der Waals surface area (Å²) in [6.07, 6.45) is 0.180. The van der Waals surface area contributed by atoms with Crippen molar-refractivity contribution >= 4 is 51.2 Å². The summed E-state index contributed by atoms with van der Waals surface area (Å²) in [5.74, 6) is -1.34. The molecule has 1 aliphatic carbocycles. The summed E-state index contributed by atoms with van der Waals surface area (Å²) in [4.78, 5) is 23.8. The summed E-state index contributed by atoms with van der Waals surface area (Å²) >= 11 is 17.5. The molecule has 106 valence electrons. The molecule has 0 atom stereocenters. The minimum atomic E-state index is -3.03. The van der Waals surface area contributed by atoms with Crippen LogP contribution in [0.25, 0.3) is 0 Å². The second-order valence-electron chi connectivity index (χ2n) is 4.23. The van der Waals surface area contributed by atoms with Crippen molar-refractivity contribution in [3.8, 4) is 0 Å². The number of carbonyl (C=O) groups excluding carboxylic acids is 2. The van der Waals surface area contributed by atoms with E-state index in [1.54, 1.807) is 0 Å². The Morgan fingerprint density at radius 2 is 1.68 bits per heavy atom. The van der Waals surface area contributed by atoms with Gasteiger partial charge in [-0.1, -0.05) is 12.2 Å². The van der Waals surface area contributed by atoms with E-state index in [4.69, 9.17) is 42.7 Å². The highest BCUT2D eigenvalue weighted by atomic mass is 35.8. The molecule has 0 N–H and O–H groups in total. The first-order valence-electron chi connectivity index (χ1n) is 5.30. The molecule has 0 spiro atoms. The van der Waals surface area contributed by atoms with Crippen molar-refractivity contribution < 1.29 is 19.1 Å². The molecule has 0 unspecified atom stereocenters. The zero-order valence-corrected chi connectivity index (χ0v) is 13.7. The van der Waals surface area contributed by atoms with Crippen LogP contribution in [0.1, 0.15) is 12.8 Å². The SMILES string of the molecule is C=C1CC(C(=O)OC)(C(=O)OC)C/C1=C/[Si](Cl)(Cl)Cl. The van der Waals surface area contributed by atoms with Crippen LogP contribution in [0.3, 0.4) is 0 Å². The molecule has 0 amide bonds. The summed E-state index contributed by atoms with van der Waals surface area (Å²) in [5.41, 5.74) is 1.24. The maximum absolute atomic E-state index is 11.9. The molecule has 8 heteroatoms. The number of methoxy groups -OCH3 is 2. The van der Waals surface area contributed by atoms with Crippen molar-refractivity contribution in [3.05, 3.63) is 23.4 Å². The normalized spacial score (nSPS) is 20.5. The third-order valence-electron chi connectivity index (χ3n) is 2.95. The molecule has 0 aromatic carbocycles. The monoisotopic (exact) mass is 342 g/mol. The van der Waals surface area contributed by atoms with Crippen LogP contribution in [0.2, 0.25) is 0 Å². The number of hydrogen-bond donors (Lipinski definition) is 0. The second kappa shape index (κ2) is 5.87. The summed E-state index contributed by atoms with van der Waals surface area (Å²) < 4.78 is 9.38. The first kappa shape index (κ1) is 16.6. The topological polar surface area (TPSA) is 52.6 Å². The van der Waals surface area contributed by atoms with Crippen LogP contribution in [0.15, 0.2) is 23.4 Å². The van der Waals surface area contributed by atoms with Gasteiger partial charge in [-0.2, -0.15) is 0 Å². The summed E-state index contributed by atoms with van der Waals surface area (Å²) in [7, 11) is 2.42. The standard InChI is InChI=1S/C11H13Cl3O4Si/c1-7-4-11(9(15)17-2,10(16)18-3)5-8(7)6-19(12,13)14/h6H,1,4-5H2,2-3H3/b8-6-. The number of rotatable bonds is 3. The highest BCUT2D eigenvalue weighted by molar-refractivity contribution is 7.66. The predicted octanol–water partition coefficient (Wildman–Crippen LogP) is 2.79. The molecule has 0 bridgehead atoms. The van der Waals surface area contributed by atoms with Crippen molar-refractivity contribution in [3.63, 3.8) is 0 Å². The molecule has 19 heavy (non-hydrogen) atoms. The Morgan fingerprint density at radius 3 is 2.05 bits per heavy atom. The first-order chi connectivity index (χ1) is 8.66. The molecule has 1 rings (SSSR count). The number of ether oxygens (including phenoxy) is 2. The Labute approximate surface area is 126 Å². The maximum Gasteiger partial charge on any atom is 0.366 e. The largest absolute Gasteiger partial charge is 0.468 e. The molecular formula is C11H13Cl3O4Si. The third-order valence-corrected chi connectivity index (χ3v) is 4.61. The van der Waals surface area contributed by atoms with E-state index in [1.165, 1.54) is 19.9 Å². The fourth-order valence-electron chi connectivity index (χ4n) is 2.10. The van der Waals surface area contributed by atoms with Crippen LogP contribution in [-0.4, -0.2) is 32.2 Å². The van der Waals surface area contributed by atoms with Crippen LogP contribution < -0.4 is 0 Å². The molecule has 0 aliphatic heterocycles. The number of carbonyl (C=O) groups is 2. The van der Waals surface area contributed by atoms with E-state index in [1.807, 2.05) is 0 Å². The van der Waals surface area contributed by atoms with Gasteiger partial charge in [-0.3, -0.25) is 9.59 Å². The average molecular weight is 344 g/mol. The molecule has 0 heterocycles. The molecule has 4 nitrogen and oxygen atoms in total. The molecule has 0 aromatic heterocycles. The molecular weight excluding hydrogens is 331 g/mol. The van der Waals surface area contributed by atoms with Crippen molar-refractivity contribution in [2.24, 2.45) is 5.41 Å². The third kappa shape index (κ3) is 3.54. The van der Waals surface area contributed by atoms with E-state index in [9.17, 15) is 9.59 Å². The second-order valence-corrected chi connectivity index (χ2v) is 12.7. The van der Waals surface area contributed by atoms with Crippen LogP contribution in [0, 0.1) is 5.41 Å². The zero-order valence-electron chi connectivity index (χ0n) is 10.5. The lowest BCUT2D eigenvalue weighted by molar-refractivity contribution is -0.168. The van der Waals surface area contributed by atoms with Crippen molar-refractivity contribution in [2.45, 2.75) is 12.8 Å². The molecule has 1 aliphatic rings. The van der Waals surface area contributed by atoms with E-state index in [-0.39, 0.29) is 12.8 Å². The Morgan fingerprint density at radius 1 is 1.21 bits per heavy atom. The van der Waals surface area contributed by atoms with Crippen LogP contribution >= 0.6 is 33.2 Å². The van der Waals surface area contributed by atoms with Crippen LogP contribution in [0.4, 0.5) is 0 Å². The Kier molecular flexibility index (Phi) is 5.12. The highest BCUT2D eigenvalue weighted by Gasteiger charge is 2.53. The summed E-state index contributed by atoms with van der Waals surface area (Å²) in [6.45, 7) is 3.81. The molecule has 1 saturated carbocycles. The number of allylic oxidation sites excluding steroid dienone is 2. The van der Waals surface area contributed by atoms with Gasteiger partial charge >= 0.3 is 17.9 Å². The van der Waals surface area contributed by atoms with Gasteiger partial charge in [-0.05, 0) is 24.1 Å². The molecule has 1 fully saturated rings. The van der Waals surface area contributed by atoms with Gasteiger partial charge in [0.15, 0.2) is 5.41 Å². The van der Waals surface area contributed by atoms with E-state index < -0.39 is 23.4 Å². The minimum Gasteiger partial charge on any atom is -0.468 e. The van der Waals surface area contributed by atoms with Crippen molar-refractivity contribution in [1.82, 2.24) is 0 Å². The number of hydrogen-bond acceptors (Lipinski definition) is 4. The lowest BCUT2D eigenvalue weighted by atomic mass is 9.86. The Balaban J connectivity index is 3.20.